The Bertz CT molecular complexity index is 1740. The van der Waals surface area contributed by atoms with Gasteiger partial charge in [-0.05, 0) is 36.6 Å². The molecule has 0 bridgehead atoms. The van der Waals surface area contributed by atoms with E-state index in [1.165, 1.54) is 18.9 Å². The number of rotatable bonds is 10. The number of carboxylic acid groups (broad SMARTS) is 2. The van der Waals surface area contributed by atoms with Crippen molar-refractivity contribution in [2.45, 2.75) is 32.2 Å². The topological polar surface area (TPSA) is 156 Å². The molecular weight excluding hydrogens is 639 g/mol. The molecule has 12 nitrogen and oxygen atoms in total. The number of benzene rings is 1. The van der Waals surface area contributed by atoms with Crippen molar-refractivity contribution in [2.24, 2.45) is 5.92 Å². The van der Waals surface area contributed by atoms with Crippen LogP contribution in [0.25, 0.3) is 10.5 Å². The second-order valence-corrected chi connectivity index (χ2v) is 13.1. The molecule has 228 valence electrons. The van der Waals surface area contributed by atoms with Crippen LogP contribution in [0.5, 0.6) is 5.75 Å². The standard InChI is InChI=1S/C27H27N3O9S4/c1-5-39-21(35)12-28-16-8-14(38-4)6-7-17(16)41-18(28)9-15(13(2)3)22-24(36)29(10-19(31)32)26(42-22)23-25(37)30(11-20(33)34)27(40)43-23/h6-9,13H,5,10-12H2,1-4H3,(H,31,32)(H,33,34)/b18-9-,22-15-,26-23-. The lowest BCUT2D eigenvalue weighted by molar-refractivity contribution is -0.141. The number of carbonyl (C=O) groups is 4. The molecule has 1 aromatic heterocycles. The molecule has 0 radical (unpaired) electrons. The summed E-state index contributed by atoms with van der Waals surface area (Å²) in [5.74, 6) is -3.38. The highest BCUT2D eigenvalue weighted by Gasteiger charge is 2.36. The first-order valence-electron chi connectivity index (χ1n) is 12.8. The van der Waals surface area contributed by atoms with Gasteiger partial charge in [-0.1, -0.05) is 49.6 Å². The first-order chi connectivity index (χ1) is 20.4. The van der Waals surface area contributed by atoms with Gasteiger partial charge in [-0.15, -0.1) is 11.3 Å². The number of hydrogen-bond acceptors (Lipinski definition) is 12. The third kappa shape index (κ3) is 6.82. The molecule has 1 fully saturated rings. The Morgan fingerprint density at radius 3 is 2.35 bits per heavy atom. The Hall–Kier alpha value is -3.60. The summed E-state index contributed by atoms with van der Waals surface area (Å²) >= 11 is 8.35. The number of amides is 1. The van der Waals surface area contributed by atoms with E-state index in [-0.39, 0.29) is 37.5 Å². The maximum Gasteiger partial charge on any atom is 0.325 e. The van der Waals surface area contributed by atoms with Gasteiger partial charge >= 0.3 is 17.9 Å². The molecule has 0 aliphatic carbocycles. The van der Waals surface area contributed by atoms with Crippen LogP contribution in [0, 0.1) is 5.92 Å². The van der Waals surface area contributed by atoms with Crippen LogP contribution in [-0.4, -0.2) is 74.6 Å². The van der Waals surface area contributed by atoms with Crippen LogP contribution >= 0.6 is 47.1 Å². The van der Waals surface area contributed by atoms with Crippen molar-refractivity contribution in [3.05, 3.63) is 48.9 Å². The minimum absolute atomic E-state index is 0.00740. The first kappa shape index (κ1) is 32.3. The molecule has 16 heteroatoms. The summed E-state index contributed by atoms with van der Waals surface area (Å²) in [6.45, 7) is 4.17. The molecule has 0 saturated carbocycles. The van der Waals surface area contributed by atoms with Crippen molar-refractivity contribution in [1.29, 1.82) is 0 Å². The number of fused-ring (bicyclic) bond motifs is 1. The van der Waals surface area contributed by atoms with Crippen molar-refractivity contribution < 1.29 is 38.9 Å². The molecule has 3 heterocycles. The number of thiocarbonyl (C=S) groups is 1. The first-order valence-corrected chi connectivity index (χ1v) is 15.7. The molecular formula is C27H27N3O9S4. The lowest BCUT2D eigenvalue weighted by Gasteiger charge is -2.20. The monoisotopic (exact) mass is 665 g/mol. The van der Waals surface area contributed by atoms with Crippen LogP contribution in [0.15, 0.2) is 39.0 Å². The average molecular weight is 666 g/mol. The van der Waals surface area contributed by atoms with E-state index in [2.05, 4.69) is 0 Å². The number of esters is 1. The number of nitrogens with zero attached hydrogens (tertiary/aromatic N) is 3. The Balaban J connectivity index is 1.96. The number of allylic oxidation sites excluding steroid dienone is 1. The number of carboxylic acids is 2. The molecule has 43 heavy (non-hydrogen) atoms. The zero-order valence-corrected chi connectivity index (χ0v) is 26.7. The highest BCUT2D eigenvalue weighted by atomic mass is 32.2. The fraction of sp³-hybridized carbons (Fsp3) is 0.333. The highest BCUT2D eigenvalue weighted by Crippen LogP contribution is 2.48. The van der Waals surface area contributed by atoms with Gasteiger partial charge in [0, 0.05) is 11.0 Å². The highest BCUT2D eigenvalue weighted by molar-refractivity contribution is 8.30. The molecule has 2 N–H and O–H groups in total. The second-order valence-electron chi connectivity index (χ2n) is 9.42. The molecule has 1 amide bonds. The zero-order valence-electron chi connectivity index (χ0n) is 23.4. The van der Waals surface area contributed by atoms with Crippen molar-refractivity contribution in [3.63, 3.8) is 0 Å². The van der Waals surface area contributed by atoms with Gasteiger partial charge in [-0.2, -0.15) is 0 Å². The van der Waals surface area contributed by atoms with E-state index in [4.69, 9.17) is 21.7 Å². The average Bonchev–Trinajstić information content (AvgIpc) is 3.53. The third-order valence-corrected chi connectivity index (χ3v) is 10.1. The van der Waals surface area contributed by atoms with E-state index < -0.39 is 42.5 Å². The van der Waals surface area contributed by atoms with Crippen LogP contribution < -0.4 is 24.4 Å². The maximum absolute atomic E-state index is 13.8. The summed E-state index contributed by atoms with van der Waals surface area (Å²) < 4.78 is 11.8. The molecule has 1 aromatic carbocycles. The number of hydrogen-bond donors (Lipinski definition) is 2. The van der Waals surface area contributed by atoms with Crippen LogP contribution in [0.4, 0.5) is 5.69 Å². The van der Waals surface area contributed by atoms with Gasteiger partial charge in [-0.25, -0.2) is 0 Å². The van der Waals surface area contributed by atoms with E-state index in [0.717, 1.165) is 43.1 Å². The van der Waals surface area contributed by atoms with E-state index in [1.54, 1.807) is 30.0 Å². The second kappa shape index (κ2) is 13.4. The Morgan fingerprint density at radius 2 is 1.74 bits per heavy atom. The van der Waals surface area contributed by atoms with E-state index >= 15 is 0 Å². The summed E-state index contributed by atoms with van der Waals surface area (Å²) in [5, 5.41) is 19.4. The minimum Gasteiger partial charge on any atom is -0.497 e. The largest absolute Gasteiger partial charge is 0.497 e. The molecule has 0 spiro atoms. The number of ether oxygens (including phenoxy) is 2. The van der Waals surface area contributed by atoms with Gasteiger partial charge < -0.3 is 24.6 Å². The third-order valence-electron chi connectivity index (χ3n) is 6.21. The van der Waals surface area contributed by atoms with Crippen LogP contribution in [-0.2, 0) is 30.5 Å². The summed E-state index contributed by atoms with van der Waals surface area (Å²) in [5.41, 5.74) is 0.653. The fourth-order valence-corrected chi connectivity index (χ4v) is 8.09. The van der Waals surface area contributed by atoms with Crippen LogP contribution in [0.3, 0.4) is 0 Å². The number of anilines is 1. The summed E-state index contributed by atoms with van der Waals surface area (Å²) in [6.07, 6.45) is 1.78. The van der Waals surface area contributed by atoms with Crippen molar-refractivity contribution in [3.8, 4) is 5.75 Å². The number of aromatic nitrogens is 1. The summed E-state index contributed by atoms with van der Waals surface area (Å²) in [7, 11) is 1.54. The van der Waals surface area contributed by atoms with Gasteiger partial charge in [-0.3, -0.25) is 33.4 Å². The fourth-order valence-electron chi connectivity index (χ4n) is 4.28. The zero-order chi connectivity index (χ0) is 31.6. The Kier molecular flexibility index (Phi) is 10.0. The summed E-state index contributed by atoms with van der Waals surface area (Å²) in [4.78, 5) is 66.0. The molecule has 1 saturated heterocycles. The lowest BCUT2D eigenvalue weighted by atomic mass is 10.0. The van der Waals surface area contributed by atoms with Crippen LogP contribution in [0.1, 0.15) is 20.8 Å². The molecule has 4 rings (SSSR count). The predicted octanol–water partition coefficient (Wildman–Crippen LogP) is 1.88. The maximum atomic E-state index is 13.8. The Labute approximate surface area is 263 Å². The van der Waals surface area contributed by atoms with Crippen molar-refractivity contribution in [2.75, 3.05) is 31.7 Å². The molecule has 2 aliphatic heterocycles. The smallest absolute Gasteiger partial charge is 0.325 e. The molecule has 2 aromatic rings. The number of carbonyl (C=O) groups excluding carboxylic acids is 2. The van der Waals surface area contributed by atoms with Crippen LogP contribution in [0.2, 0.25) is 0 Å². The van der Waals surface area contributed by atoms with E-state index in [0.29, 0.717) is 16.4 Å². The molecule has 0 unspecified atom stereocenters. The normalized spacial score (nSPS) is 17.6. The molecule has 0 atom stereocenters. The number of aliphatic carboxylic acids is 2. The van der Waals surface area contributed by atoms with Gasteiger partial charge in [0.15, 0.2) is 0 Å². The molecule has 2 aliphatic rings. The van der Waals surface area contributed by atoms with Crippen molar-refractivity contribution >= 4 is 91.4 Å². The van der Waals surface area contributed by atoms with E-state index in [9.17, 15) is 34.2 Å². The minimum atomic E-state index is -1.30. The predicted molar refractivity (Wildman–Crippen MR) is 168 cm³/mol. The van der Waals surface area contributed by atoms with Gasteiger partial charge in [0.05, 0.1) is 29.0 Å². The number of thioether (sulfide) groups is 2. The van der Waals surface area contributed by atoms with Gasteiger partial charge in [0.2, 0.25) is 0 Å². The SMILES string of the molecule is CCOC(=O)CN1/C(=C/C(=c2/s/c(=C3\SC(=S)N(CC(=O)O)C3=O)n(CC(=O)O)c2=O)C(C)C)Sc2ccc(OC)cc21. The number of thiazole rings is 1. The number of methoxy groups -OCH3 is 1. The van der Waals surface area contributed by atoms with Gasteiger partial charge in [0.1, 0.15) is 39.3 Å². The quantitative estimate of drug-likeness (QED) is 0.281. The Morgan fingerprint density at radius 1 is 1.05 bits per heavy atom. The van der Waals surface area contributed by atoms with Crippen molar-refractivity contribution in [1.82, 2.24) is 9.47 Å². The lowest BCUT2D eigenvalue weighted by Crippen LogP contribution is -2.37. The summed E-state index contributed by atoms with van der Waals surface area (Å²) in [6, 6.07) is 5.46. The van der Waals surface area contributed by atoms with E-state index in [1.807, 2.05) is 19.9 Å². The van der Waals surface area contributed by atoms with Gasteiger partial charge in [0.25, 0.3) is 11.5 Å².